The van der Waals surface area contributed by atoms with Crippen LogP contribution in [0, 0.1) is 10.1 Å². The highest BCUT2D eigenvalue weighted by atomic mass is 16.6. The van der Waals surface area contributed by atoms with Gasteiger partial charge in [-0.2, -0.15) is 0 Å². The topological polar surface area (TPSA) is 48.1 Å². The first-order valence-electron chi connectivity index (χ1n) is 3.51. The highest BCUT2D eigenvalue weighted by Crippen LogP contribution is 1.92. The lowest BCUT2D eigenvalue weighted by Crippen LogP contribution is -2.04. The zero-order valence-electron chi connectivity index (χ0n) is 6.14. The molecule has 1 aromatic rings. The predicted octanol–water partition coefficient (Wildman–Crippen LogP) is 1.15. The molecular formula is C7H10N2O2. The summed E-state index contributed by atoms with van der Waals surface area (Å²) in [5.41, 5.74) is 0. The van der Waals surface area contributed by atoms with E-state index in [9.17, 15) is 10.1 Å². The molecule has 0 aromatic carbocycles. The van der Waals surface area contributed by atoms with Gasteiger partial charge in [0.15, 0.2) is 0 Å². The summed E-state index contributed by atoms with van der Waals surface area (Å²) in [4.78, 5) is 9.64. The Balaban J connectivity index is 2.19. The fourth-order valence-corrected chi connectivity index (χ4v) is 0.902. The van der Waals surface area contributed by atoms with Crippen molar-refractivity contribution >= 4 is 0 Å². The van der Waals surface area contributed by atoms with Gasteiger partial charge in [-0.25, -0.2) is 0 Å². The third kappa shape index (κ3) is 2.84. The van der Waals surface area contributed by atoms with Crippen molar-refractivity contribution in [3.05, 3.63) is 34.6 Å². The van der Waals surface area contributed by atoms with E-state index in [1.807, 2.05) is 29.1 Å². The molecule has 0 fully saturated rings. The lowest BCUT2D eigenvalue weighted by Gasteiger charge is -1.97. The Labute approximate surface area is 64.6 Å². The number of hydrogen-bond donors (Lipinski definition) is 0. The zero-order valence-corrected chi connectivity index (χ0v) is 6.14. The van der Waals surface area contributed by atoms with Crippen LogP contribution in [0.1, 0.15) is 6.42 Å². The average Bonchev–Trinajstić information content (AvgIpc) is 2.39. The maximum absolute atomic E-state index is 9.92. The van der Waals surface area contributed by atoms with Gasteiger partial charge in [0.1, 0.15) is 0 Å². The first-order valence-corrected chi connectivity index (χ1v) is 3.51. The van der Waals surface area contributed by atoms with Crippen LogP contribution in [0.25, 0.3) is 0 Å². The number of nitrogens with zero attached hydrogens (tertiary/aromatic N) is 2. The Hall–Kier alpha value is -1.32. The van der Waals surface area contributed by atoms with E-state index in [1.165, 1.54) is 0 Å². The highest BCUT2D eigenvalue weighted by molar-refractivity contribution is 4.89. The third-order valence-electron chi connectivity index (χ3n) is 1.42. The molecule has 1 aromatic heterocycles. The molecule has 0 aliphatic rings. The van der Waals surface area contributed by atoms with E-state index in [0.717, 1.165) is 6.54 Å². The average molecular weight is 154 g/mol. The Kier molecular flexibility index (Phi) is 2.66. The molecule has 0 aliphatic heterocycles. The van der Waals surface area contributed by atoms with Gasteiger partial charge >= 0.3 is 0 Å². The van der Waals surface area contributed by atoms with Crippen molar-refractivity contribution in [1.82, 2.24) is 4.57 Å². The largest absolute Gasteiger partial charge is 0.354 e. The van der Waals surface area contributed by atoms with Crippen LogP contribution in [-0.2, 0) is 6.54 Å². The predicted molar refractivity (Wildman–Crippen MR) is 40.9 cm³/mol. The fourth-order valence-electron chi connectivity index (χ4n) is 0.902. The summed E-state index contributed by atoms with van der Waals surface area (Å²) in [6.07, 6.45) is 4.40. The Bertz CT molecular complexity index is 218. The Morgan fingerprint density at radius 3 is 2.55 bits per heavy atom. The van der Waals surface area contributed by atoms with Crippen LogP contribution < -0.4 is 0 Å². The second-order valence-corrected chi connectivity index (χ2v) is 2.33. The summed E-state index contributed by atoms with van der Waals surface area (Å²) in [6.45, 7) is 0.784. The lowest BCUT2D eigenvalue weighted by molar-refractivity contribution is -0.480. The van der Waals surface area contributed by atoms with Crippen molar-refractivity contribution in [1.29, 1.82) is 0 Å². The summed E-state index contributed by atoms with van der Waals surface area (Å²) in [5, 5.41) is 9.92. The van der Waals surface area contributed by atoms with Crippen molar-refractivity contribution in [2.45, 2.75) is 13.0 Å². The van der Waals surface area contributed by atoms with Crippen LogP contribution in [0.15, 0.2) is 24.5 Å². The van der Waals surface area contributed by atoms with Crippen molar-refractivity contribution in [3.63, 3.8) is 0 Å². The number of aryl methyl sites for hydroxylation is 1. The number of nitro groups is 1. The summed E-state index contributed by atoms with van der Waals surface area (Å²) in [7, 11) is 0. The van der Waals surface area contributed by atoms with Crippen LogP contribution in [0.3, 0.4) is 0 Å². The van der Waals surface area contributed by atoms with E-state index in [-0.39, 0.29) is 11.5 Å². The second kappa shape index (κ2) is 3.75. The summed E-state index contributed by atoms with van der Waals surface area (Å²) >= 11 is 0. The third-order valence-corrected chi connectivity index (χ3v) is 1.42. The van der Waals surface area contributed by atoms with Crippen LogP contribution in [0.4, 0.5) is 0 Å². The molecule has 0 amide bonds. The van der Waals surface area contributed by atoms with Crippen molar-refractivity contribution in [2.24, 2.45) is 0 Å². The molecule has 0 unspecified atom stereocenters. The van der Waals surface area contributed by atoms with Crippen LogP contribution in [0.5, 0.6) is 0 Å². The van der Waals surface area contributed by atoms with Gasteiger partial charge in [-0.3, -0.25) is 10.1 Å². The Morgan fingerprint density at radius 2 is 2.00 bits per heavy atom. The molecule has 1 heterocycles. The standard InChI is InChI=1S/C7H10N2O2/c10-9(11)7-3-6-8-4-1-2-5-8/h1-2,4-5H,3,6-7H2. The van der Waals surface area contributed by atoms with Gasteiger partial charge in [-0.15, -0.1) is 0 Å². The first-order chi connectivity index (χ1) is 5.29. The fraction of sp³-hybridized carbons (Fsp3) is 0.429. The minimum absolute atomic E-state index is 0.0537. The lowest BCUT2D eigenvalue weighted by atomic mass is 10.4. The van der Waals surface area contributed by atoms with Gasteiger partial charge in [0.05, 0.1) is 0 Å². The molecule has 1 rings (SSSR count). The normalized spacial score (nSPS) is 9.82. The highest BCUT2D eigenvalue weighted by Gasteiger charge is 1.95. The maximum atomic E-state index is 9.92. The SMILES string of the molecule is O=[N+]([O-])CCCn1cccc1. The van der Waals surface area contributed by atoms with Gasteiger partial charge in [0, 0.05) is 30.3 Å². The molecule has 0 saturated heterocycles. The van der Waals surface area contributed by atoms with E-state index in [0.29, 0.717) is 6.42 Å². The molecule has 60 valence electrons. The minimum atomic E-state index is -0.288. The van der Waals surface area contributed by atoms with Crippen molar-refractivity contribution in [2.75, 3.05) is 6.54 Å². The van der Waals surface area contributed by atoms with E-state index in [4.69, 9.17) is 0 Å². The van der Waals surface area contributed by atoms with E-state index >= 15 is 0 Å². The number of aromatic nitrogens is 1. The van der Waals surface area contributed by atoms with E-state index in [2.05, 4.69) is 0 Å². The molecule has 0 spiro atoms. The summed E-state index contributed by atoms with van der Waals surface area (Å²) < 4.78 is 1.93. The van der Waals surface area contributed by atoms with Gasteiger partial charge in [-0.05, 0) is 12.1 Å². The van der Waals surface area contributed by atoms with E-state index < -0.39 is 0 Å². The van der Waals surface area contributed by atoms with Gasteiger partial charge in [0.2, 0.25) is 6.54 Å². The second-order valence-electron chi connectivity index (χ2n) is 2.33. The molecule has 0 atom stereocenters. The number of hydrogen-bond acceptors (Lipinski definition) is 2. The summed E-state index contributed by atoms with van der Waals surface area (Å²) in [5.74, 6) is 0. The first kappa shape index (κ1) is 7.78. The molecule has 4 nitrogen and oxygen atoms in total. The van der Waals surface area contributed by atoms with Crippen LogP contribution in [0.2, 0.25) is 0 Å². The Morgan fingerprint density at radius 1 is 1.36 bits per heavy atom. The van der Waals surface area contributed by atoms with Crippen molar-refractivity contribution < 1.29 is 4.92 Å². The van der Waals surface area contributed by atoms with Crippen LogP contribution in [-0.4, -0.2) is 16.0 Å². The molecule has 0 aliphatic carbocycles. The number of rotatable bonds is 4. The molecule has 0 radical (unpaired) electrons. The minimum Gasteiger partial charge on any atom is -0.354 e. The quantitative estimate of drug-likeness (QED) is 0.482. The van der Waals surface area contributed by atoms with E-state index in [1.54, 1.807) is 0 Å². The van der Waals surface area contributed by atoms with Crippen LogP contribution >= 0.6 is 0 Å². The molecule has 0 bridgehead atoms. The van der Waals surface area contributed by atoms with Gasteiger partial charge in [-0.1, -0.05) is 0 Å². The monoisotopic (exact) mass is 154 g/mol. The molecular weight excluding hydrogens is 144 g/mol. The molecule has 0 saturated carbocycles. The molecule has 4 heteroatoms. The van der Waals surface area contributed by atoms with Gasteiger partial charge < -0.3 is 4.57 Å². The zero-order chi connectivity index (χ0) is 8.10. The van der Waals surface area contributed by atoms with Gasteiger partial charge in [0.25, 0.3) is 0 Å². The maximum Gasteiger partial charge on any atom is 0.205 e. The smallest absolute Gasteiger partial charge is 0.205 e. The summed E-state index contributed by atoms with van der Waals surface area (Å²) in [6, 6.07) is 3.82. The molecule has 11 heavy (non-hydrogen) atoms. The molecule has 0 N–H and O–H groups in total. The van der Waals surface area contributed by atoms with Crippen molar-refractivity contribution in [3.8, 4) is 0 Å².